The van der Waals surface area contributed by atoms with E-state index in [2.05, 4.69) is 25.3 Å². The second kappa shape index (κ2) is 18.7. The first-order valence-corrected chi connectivity index (χ1v) is 8.55. The molecule has 0 heterocycles. The van der Waals surface area contributed by atoms with Crippen molar-refractivity contribution < 1.29 is 54.8 Å². The first-order valence-electron chi connectivity index (χ1n) is 8.55. The number of hydrogen-bond donors (Lipinski definition) is 1. The largest absolute Gasteiger partial charge is 0 e. The van der Waals surface area contributed by atoms with Crippen molar-refractivity contribution in [1.29, 1.82) is 0 Å². The zero-order valence-electron chi connectivity index (χ0n) is 17.9. The van der Waals surface area contributed by atoms with Gasteiger partial charge >= 0.3 is 39.9 Å². The summed E-state index contributed by atoms with van der Waals surface area (Å²) in [6.45, 7) is 15.4. The maximum atomic E-state index is 12.3. The number of carbonyl (C=O) groups excluding carboxylic acids is 2. The van der Waals surface area contributed by atoms with Crippen molar-refractivity contribution >= 4 is 11.9 Å². The molecule has 0 unspecified atom stereocenters. The average molecular weight is 485 g/mol. The van der Waals surface area contributed by atoms with Gasteiger partial charge in [-0.3, -0.25) is 4.79 Å². The van der Waals surface area contributed by atoms with E-state index < -0.39 is 11.5 Å². The molecule has 0 bridgehead atoms. The number of ether oxygens (including phenoxy) is 3. The Balaban J connectivity index is -0.00000111. The maximum Gasteiger partial charge on any atom is 0 e. The van der Waals surface area contributed by atoms with Crippen molar-refractivity contribution in [3.63, 3.8) is 0 Å². The number of amides is 1. The number of esters is 1. The second-order valence-corrected chi connectivity index (χ2v) is 5.71. The van der Waals surface area contributed by atoms with Crippen LogP contribution >= 0.6 is 0 Å². The van der Waals surface area contributed by atoms with Crippen LogP contribution in [0.1, 0.15) is 24.8 Å². The fourth-order valence-electron chi connectivity index (χ4n) is 2.85. The van der Waals surface area contributed by atoms with Gasteiger partial charge in [-0.2, -0.15) is 0 Å². The van der Waals surface area contributed by atoms with E-state index in [0.717, 1.165) is 5.56 Å². The van der Waals surface area contributed by atoms with Gasteiger partial charge in [-0.15, -0.1) is 0 Å². The molecule has 1 aliphatic carbocycles. The van der Waals surface area contributed by atoms with E-state index in [1.54, 1.807) is 32.4 Å². The Morgan fingerprint density at radius 2 is 1.59 bits per heavy atom. The molecule has 9 nitrogen and oxygen atoms in total. The van der Waals surface area contributed by atoms with Crippen molar-refractivity contribution in [1.82, 2.24) is 5.32 Å². The van der Waals surface area contributed by atoms with Gasteiger partial charge in [-0.1, -0.05) is 24.3 Å². The number of methoxy groups -OCH3 is 3. The van der Waals surface area contributed by atoms with Gasteiger partial charge in [0.2, 0.25) is 5.91 Å². The molecule has 0 saturated heterocycles. The van der Waals surface area contributed by atoms with Crippen LogP contribution in [-0.4, -0.2) is 38.7 Å². The Kier molecular flexibility index (Phi) is 19.7. The zero-order valence-corrected chi connectivity index (χ0v) is 19.0. The van der Waals surface area contributed by atoms with Crippen LogP contribution < -0.4 is 14.8 Å². The van der Waals surface area contributed by atoms with Gasteiger partial charge in [0.05, 0.1) is 21.3 Å². The summed E-state index contributed by atoms with van der Waals surface area (Å²) in [6.07, 6.45) is 7.02. The normalized spacial score (nSPS) is 17.4. The van der Waals surface area contributed by atoms with Crippen LogP contribution in [-0.2, 0) is 45.4 Å². The first-order chi connectivity index (χ1) is 15.0. The summed E-state index contributed by atoms with van der Waals surface area (Å²) in [6, 6.07) is 5.46. The molecular formula is C22H23FeNO8. The van der Waals surface area contributed by atoms with Gasteiger partial charge in [0, 0.05) is 29.1 Å². The van der Waals surface area contributed by atoms with Gasteiger partial charge < -0.3 is 19.5 Å². The van der Waals surface area contributed by atoms with Crippen molar-refractivity contribution in [2.24, 2.45) is 0 Å². The Morgan fingerprint density at radius 1 is 1.03 bits per heavy atom. The number of hydrogen-bond acceptors (Lipinski definition) is 5. The fourth-order valence-corrected chi connectivity index (χ4v) is 2.85. The third-order valence-electron chi connectivity index (χ3n) is 4.22. The van der Waals surface area contributed by atoms with Gasteiger partial charge in [-0.05, 0) is 31.0 Å². The van der Waals surface area contributed by atoms with Crippen LogP contribution in [0.5, 0.6) is 11.5 Å². The molecule has 1 saturated carbocycles. The summed E-state index contributed by atoms with van der Waals surface area (Å²) in [5.74, 6) is 0.198. The van der Waals surface area contributed by atoms with E-state index in [9.17, 15) is 9.59 Å². The summed E-state index contributed by atoms with van der Waals surface area (Å²) < 4.78 is 37.9. The molecule has 172 valence electrons. The molecule has 1 N–H and O–H groups in total. The Hall–Kier alpha value is -3.02. The molecule has 0 aromatic heterocycles. The van der Waals surface area contributed by atoms with E-state index in [0.29, 0.717) is 17.9 Å². The number of allylic oxidation sites excluding steroid dienone is 3. The van der Waals surface area contributed by atoms with Crippen molar-refractivity contribution in [3.8, 4) is 11.5 Å². The SMILES string of the molecule is C/C=C/C=C/C(=O)N[C@@]1(C(=O)OC)C[C@H]1c1ccc(OC)c(OC)c1.[C-]#[O+].[C-]#[O+].[C-]#[O+].[Fe]. The van der Waals surface area contributed by atoms with E-state index in [4.69, 9.17) is 28.2 Å². The summed E-state index contributed by atoms with van der Waals surface area (Å²) in [4.78, 5) is 24.4. The molecule has 0 radical (unpaired) electrons. The van der Waals surface area contributed by atoms with Crippen LogP contribution in [0.3, 0.4) is 0 Å². The van der Waals surface area contributed by atoms with Crippen molar-refractivity contribution in [2.45, 2.75) is 24.8 Å². The number of rotatable bonds is 7. The summed E-state index contributed by atoms with van der Waals surface area (Å²) >= 11 is 0. The average Bonchev–Trinajstić information content (AvgIpc) is 3.57. The molecule has 1 amide bonds. The van der Waals surface area contributed by atoms with Gasteiger partial charge in [-0.25, -0.2) is 4.79 Å². The van der Waals surface area contributed by atoms with Crippen LogP contribution in [0.25, 0.3) is 0 Å². The topological polar surface area (TPSA) is 134 Å². The van der Waals surface area contributed by atoms with Crippen LogP contribution in [0, 0.1) is 20.0 Å². The Bertz CT molecular complexity index is 830. The van der Waals surface area contributed by atoms with Crippen LogP contribution in [0.15, 0.2) is 42.5 Å². The molecule has 2 atom stereocenters. The smallest absolute Gasteiger partial charge is 0 e. The molecule has 2 rings (SSSR count). The monoisotopic (exact) mass is 485 g/mol. The molecule has 0 spiro atoms. The molecule has 0 aliphatic heterocycles. The van der Waals surface area contributed by atoms with E-state index in [1.165, 1.54) is 13.2 Å². The number of carbonyl (C=O) groups is 2. The minimum absolute atomic E-state index is 0. The molecular weight excluding hydrogens is 462 g/mol. The third-order valence-corrected chi connectivity index (χ3v) is 4.22. The standard InChI is InChI=1S/C19H23NO5.3CO.Fe/c1-5-6-7-8-17(21)20-19(18(22)25-4)12-14(19)13-9-10-15(23-2)16(11-13)24-3;3*1-2;/h5-11,14H,12H2,1-4H3,(H,20,21);;;;/b6-5+,8-7+;;;;/t14-,19-;;;;/m0..../s1. The van der Waals surface area contributed by atoms with Crippen molar-refractivity contribution in [3.05, 3.63) is 68.0 Å². The number of benzene rings is 1. The zero-order chi connectivity index (χ0) is 24.4. The Labute approximate surface area is 197 Å². The van der Waals surface area contributed by atoms with E-state index in [-0.39, 0.29) is 28.9 Å². The molecule has 1 aliphatic rings. The number of nitrogens with one attached hydrogen (secondary N) is 1. The fraction of sp³-hybridized carbons (Fsp3) is 0.318. The molecule has 1 aromatic rings. The third kappa shape index (κ3) is 9.00. The van der Waals surface area contributed by atoms with E-state index in [1.807, 2.05) is 25.1 Å². The van der Waals surface area contributed by atoms with Crippen LogP contribution in [0.4, 0.5) is 0 Å². The van der Waals surface area contributed by atoms with Gasteiger partial charge in [0.1, 0.15) is 5.54 Å². The molecule has 1 fully saturated rings. The molecule has 32 heavy (non-hydrogen) atoms. The van der Waals surface area contributed by atoms with E-state index >= 15 is 0 Å². The quantitative estimate of drug-likeness (QED) is 0.158. The first kappa shape index (κ1) is 33.6. The molecule has 10 heteroatoms. The second-order valence-electron chi connectivity index (χ2n) is 5.71. The van der Waals surface area contributed by atoms with Crippen molar-refractivity contribution in [2.75, 3.05) is 21.3 Å². The maximum absolute atomic E-state index is 12.3. The Morgan fingerprint density at radius 3 is 2.06 bits per heavy atom. The predicted octanol–water partition coefficient (Wildman–Crippen LogP) is 2.24. The van der Waals surface area contributed by atoms with Gasteiger partial charge in [0.25, 0.3) is 0 Å². The summed E-state index contributed by atoms with van der Waals surface area (Å²) in [5.41, 5.74) is -0.174. The minimum atomic E-state index is -1.05. The summed E-state index contributed by atoms with van der Waals surface area (Å²) in [7, 11) is 4.43. The van der Waals surface area contributed by atoms with Crippen LogP contribution in [0.2, 0.25) is 0 Å². The minimum Gasteiger partial charge on any atom is 0 e. The van der Waals surface area contributed by atoms with Gasteiger partial charge in [0.15, 0.2) is 11.5 Å². The predicted molar refractivity (Wildman–Crippen MR) is 106 cm³/mol. The summed E-state index contributed by atoms with van der Waals surface area (Å²) in [5, 5.41) is 2.79. The molecule has 1 aromatic carbocycles.